The minimum absolute atomic E-state index is 0.448. The summed E-state index contributed by atoms with van der Waals surface area (Å²) in [6, 6.07) is 0. The van der Waals surface area contributed by atoms with Crippen molar-refractivity contribution in [1.82, 2.24) is 4.90 Å². The Kier molecular flexibility index (Phi) is 8.84. The van der Waals surface area contributed by atoms with Crippen LogP contribution in [0.1, 0.15) is 97.8 Å². The van der Waals surface area contributed by atoms with Crippen molar-refractivity contribution in [3.63, 3.8) is 0 Å². The number of rotatable bonds is 11. The molecule has 0 aromatic carbocycles. The summed E-state index contributed by atoms with van der Waals surface area (Å²) < 4.78 is 0. The molecule has 0 aromatic heterocycles. The van der Waals surface area contributed by atoms with Crippen LogP contribution in [-0.2, 0) is 0 Å². The summed E-state index contributed by atoms with van der Waals surface area (Å²) in [7, 11) is 2.39. The van der Waals surface area contributed by atoms with Gasteiger partial charge in [-0.3, -0.25) is 0 Å². The van der Waals surface area contributed by atoms with E-state index >= 15 is 0 Å². The minimum Gasteiger partial charge on any atom is -0.301 e. The molecule has 0 saturated heterocycles. The molecule has 1 rings (SSSR count). The van der Waals surface area contributed by atoms with Crippen LogP contribution in [0.4, 0.5) is 0 Å². The summed E-state index contributed by atoms with van der Waals surface area (Å²) in [5.74, 6) is 0.983. The summed E-state index contributed by atoms with van der Waals surface area (Å²) in [6.07, 6.45) is 17.0. The predicted molar refractivity (Wildman–Crippen MR) is 91.3 cm³/mol. The molecule has 120 valence electrons. The Morgan fingerprint density at radius 1 is 0.900 bits per heavy atom. The van der Waals surface area contributed by atoms with Crippen molar-refractivity contribution in [2.45, 2.75) is 103 Å². The fraction of sp³-hybridized carbons (Fsp3) is 1.00. The first-order valence-electron chi connectivity index (χ1n) is 9.33. The molecule has 1 aliphatic rings. The zero-order chi connectivity index (χ0) is 14.8. The Morgan fingerprint density at radius 2 is 1.55 bits per heavy atom. The van der Waals surface area contributed by atoms with Gasteiger partial charge < -0.3 is 4.90 Å². The van der Waals surface area contributed by atoms with Gasteiger partial charge in [0.1, 0.15) is 0 Å². The highest BCUT2D eigenvalue weighted by atomic mass is 15.2. The lowest BCUT2D eigenvalue weighted by molar-refractivity contribution is 0.0937. The van der Waals surface area contributed by atoms with Crippen molar-refractivity contribution in [2.24, 2.45) is 5.92 Å². The summed E-state index contributed by atoms with van der Waals surface area (Å²) in [4.78, 5) is 2.71. The van der Waals surface area contributed by atoms with Crippen LogP contribution in [0.3, 0.4) is 0 Å². The Hall–Kier alpha value is -0.0400. The molecule has 0 aliphatic heterocycles. The topological polar surface area (TPSA) is 3.24 Å². The summed E-state index contributed by atoms with van der Waals surface area (Å²) >= 11 is 0. The molecule has 0 heterocycles. The maximum Gasteiger partial charge on any atom is 0.0178 e. The van der Waals surface area contributed by atoms with Crippen molar-refractivity contribution in [1.29, 1.82) is 0 Å². The van der Waals surface area contributed by atoms with Gasteiger partial charge in [-0.1, -0.05) is 65.2 Å². The van der Waals surface area contributed by atoms with Crippen LogP contribution in [0, 0.1) is 5.92 Å². The van der Waals surface area contributed by atoms with Crippen LogP contribution in [0.5, 0.6) is 0 Å². The molecule has 1 atom stereocenters. The van der Waals surface area contributed by atoms with Gasteiger partial charge in [0.15, 0.2) is 0 Å². The Morgan fingerprint density at radius 3 is 2.15 bits per heavy atom. The quantitative estimate of drug-likeness (QED) is 0.418. The van der Waals surface area contributed by atoms with E-state index in [4.69, 9.17) is 0 Å². The van der Waals surface area contributed by atoms with Crippen molar-refractivity contribution in [3.8, 4) is 0 Å². The first kappa shape index (κ1) is 18.0. The van der Waals surface area contributed by atoms with E-state index in [0.717, 1.165) is 5.92 Å². The fourth-order valence-electron chi connectivity index (χ4n) is 3.96. The molecule has 0 radical (unpaired) electrons. The third-order valence-electron chi connectivity index (χ3n) is 5.54. The average Bonchev–Trinajstić information content (AvgIpc) is 2.91. The lowest BCUT2D eigenvalue weighted by Gasteiger charge is -2.41. The van der Waals surface area contributed by atoms with Crippen LogP contribution >= 0.6 is 0 Å². The van der Waals surface area contributed by atoms with Gasteiger partial charge in [0.2, 0.25) is 0 Å². The normalized spacial score (nSPS) is 19.6. The lowest BCUT2D eigenvalue weighted by atomic mass is 9.87. The Labute approximate surface area is 128 Å². The lowest BCUT2D eigenvalue weighted by Crippen LogP contribution is -2.45. The fourth-order valence-corrected chi connectivity index (χ4v) is 3.96. The second-order valence-electron chi connectivity index (χ2n) is 7.44. The molecule has 0 aromatic rings. The molecule has 1 saturated carbocycles. The molecule has 1 unspecified atom stereocenters. The highest BCUT2D eigenvalue weighted by molar-refractivity contribution is 4.86. The third kappa shape index (κ3) is 6.16. The van der Waals surface area contributed by atoms with Crippen LogP contribution in [0.2, 0.25) is 0 Å². The maximum atomic E-state index is 2.71. The summed E-state index contributed by atoms with van der Waals surface area (Å²) in [5.41, 5.74) is 0.448. The van der Waals surface area contributed by atoms with Crippen LogP contribution in [-0.4, -0.2) is 24.0 Å². The van der Waals surface area contributed by atoms with E-state index in [1.807, 2.05) is 0 Å². The number of nitrogens with zero attached hydrogens (tertiary/aromatic N) is 1. The second-order valence-corrected chi connectivity index (χ2v) is 7.44. The van der Waals surface area contributed by atoms with Crippen molar-refractivity contribution < 1.29 is 0 Å². The first-order valence-corrected chi connectivity index (χ1v) is 9.33. The van der Waals surface area contributed by atoms with E-state index in [2.05, 4.69) is 32.7 Å². The van der Waals surface area contributed by atoms with E-state index in [1.165, 1.54) is 83.6 Å². The smallest absolute Gasteiger partial charge is 0.0178 e. The van der Waals surface area contributed by atoms with Gasteiger partial charge in [-0.2, -0.15) is 0 Å². The molecule has 0 bridgehead atoms. The van der Waals surface area contributed by atoms with Gasteiger partial charge in [0.25, 0.3) is 0 Å². The molecule has 1 fully saturated rings. The largest absolute Gasteiger partial charge is 0.301 e. The SMILES string of the molecule is CCCCCCCC(C)(CCC)N(C)CC1CCCC1. The van der Waals surface area contributed by atoms with Crippen LogP contribution in [0.15, 0.2) is 0 Å². The molecule has 0 N–H and O–H groups in total. The summed E-state index contributed by atoms with van der Waals surface area (Å²) in [5, 5.41) is 0. The zero-order valence-corrected chi connectivity index (χ0v) is 14.7. The summed E-state index contributed by atoms with van der Waals surface area (Å²) in [6.45, 7) is 8.51. The van der Waals surface area contributed by atoms with Gasteiger partial charge in [-0.05, 0) is 45.6 Å². The molecule has 0 spiro atoms. The molecule has 0 amide bonds. The van der Waals surface area contributed by atoms with Crippen molar-refractivity contribution in [3.05, 3.63) is 0 Å². The maximum absolute atomic E-state index is 2.71. The van der Waals surface area contributed by atoms with E-state index in [9.17, 15) is 0 Å². The van der Waals surface area contributed by atoms with Gasteiger partial charge >= 0.3 is 0 Å². The monoisotopic (exact) mass is 281 g/mol. The van der Waals surface area contributed by atoms with E-state index in [-0.39, 0.29) is 0 Å². The molecule has 1 heteroatoms. The van der Waals surface area contributed by atoms with Gasteiger partial charge in [0, 0.05) is 12.1 Å². The van der Waals surface area contributed by atoms with Gasteiger partial charge in [0.05, 0.1) is 0 Å². The molecule has 1 nitrogen and oxygen atoms in total. The van der Waals surface area contributed by atoms with Crippen molar-refractivity contribution in [2.75, 3.05) is 13.6 Å². The number of hydrogen-bond donors (Lipinski definition) is 0. The Bertz CT molecular complexity index is 232. The van der Waals surface area contributed by atoms with Gasteiger partial charge in [-0.25, -0.2) is 0 Å². The highest BCUT2D eigenvalue weighted by Crippen LogP contribution is 2.31. The molecular weight excluding hydrogens is 242 g/mol. The standard InChI is InChI=1S/C19H39N/c1-5-7-8-9-12-16-19(3,15-6-2)20(4)17-18-13-10-11-14-18/h18H,5-17H2,1-4H3. The van der Waals surface area contributed by atoms with E-state index < -0.39 is 0 Å². The van der Waals surface area contributed by atoms with Crippen LogP contribution in [0.25, 0.3) is 0 Å². The Balaban J connectivity index is 2.37. The zero-order valence-electron chi connectivity index (χ0n) is 14.7. The first-order chi connectivity index (χ1) is 9.62. The number of hydrogen-bond acceptors (Lipinski definition) is 1. The molecule has 1 aliphatic carbocycles. The third-order valence-corrected chi connectivity index (χ3v) is 5.54. The van der Waals surface area contributed by atoms with E-state index in [0.29, 0.717) is 5.54 Å². The number of unbranched alkanes of at least 4 members (excludes halogenated alkanes) is 4. The van der Waals surface area contributed by atoms with Crippen LogP contribution < -0.4 is 0 Å². The highest BCUT2D eigenvalue weighted by Gasteiger charge is 2.30. The molecular formula is C19H39N. The van der Waals surface area contributed by atoms with E-state index in [1.54, 1.807) is 0 Å². The van der Waals surface area contributed by atoms with Crippen molar-refractivity contribution >= 4 is 0 Å². The second kappa shape index (κ2) is 9.82. The molecule has 20 heavy (non-hydrogen) atoms. The van der Waals surface area contributed by atoms with Gasteiger partial charge in [-0.15, -0.1) is 0 Å². The average molecular weight is 282 g/mol. The predicted octanol–water partition coefficient (Wildman–Crippen LogP) is 6.03. The minimum atomic E-state index is 0.448.